The highest BCUT2D eigenvalue weighted by Gasteiger charge is 2.23. The topological polar surface area (TPSA) is 131 Å². The number of aliphatic hydroxyl groups excluding tert-OH is 1. The van der Waals surface area contributed by atoms with Crippen molar-refractivity contribution in [3.05, 3.63) is 12.2 Å². The van der Waals surface area contributed by atoms with Crippen LogP contribution in [0.5, 0.6) is 0 Å². The molecule has 0 aromatic heterocycles. The number of hydrogen-bond donors (Lipinski definition) is 3. The fourth-order valence-corrected chi connectivity index (χ4v) is 5.31. The standard InChI is InChI=1S/C33H64NO8P/c1-3-5-7-9-11-13-15-16-18-20-22-24-26-33(37)40-29-31(35)30-42-43(38,39)41-28-27-34-32(36)25-23-21-19-17-14-12-10-8-6-4-2/h8,10,31,35H,3-7,9,11-30H2,1-2H3,(H,34,36)(H,38,39)/b10-8-. The van der Waals surface area contributed by atoms with Crippen molar-refractivity contribution in [1.29, 1.82) is 0 Å². The number of rotatable bonds is 32. The van der Waals surface area contributed by atoms with E-state index in [9.17, 15) is 24.2 Å². The molecule has 0 aliphatic heterocycles. The number of unbranched alkanes of at least 4 members (excludes halogenated alkanes) is 17. The number of amides is 1. The van der Waals surface area contributed by atoms with Gasteiger partial charge in [-0.1, -0.05) is 122 Å². The molecule has 0 rings (SSSR count). The zero-order valence-electron chi connectivity index (χ0n) is 27.4. The van der Waals surface area contributed by atoms with Gasteiger partial charge in [-0.2, -0.15) is 0 Å². The molecule has 254 valence electrons. The third-order valence-corrected chi connectivity index (χ3v) is 8.16. The molecule has 10 heteroatoms. The average molecular weight is 634 g/mol. The van der Waals surface area contributed by atoms with E-state index in [-0.39, 0.29) is 32.1 Å². The molecule has 0 radical (unpaired) electrons. The van der Waals surface area contributed by atoms with Crippen LogP contribution in [0.15, 0.2) is 12.2 Å². The normalized spacial score (nSPS) is 13.7. The molecular weight excluding hydrogens is 569 g/mol. The van der Waals surface area contributed by atoms with Gasteiger partial charge in [0.1, 0.15) is 12.7 Å². The molecule has 0 spiro atoms. The summed E-state index contributed by atoms with van der Waals surface area (Å²) in [5.41, 5.74) is 0. The van der Waals surface area contributed by atoms with Crippen molar-refractivity contribution < 1.29 is 37.9 Å². The molecule has 0 saturated heterocycles. The SMILES string of the molecule is CCC/C=C\CCCCCCCC(=O)NCCOP(=O)(O)OCC(O)COC(=O)CCCCCCCCCCCCCC. The molecule has 1 amide bonds. The number of ether oxygens (including phenoxy) is 1. The summed E-state index contributed by atoms with van der Waals surface area (Å²) in [5, 5.41) is 12.6. The van der Waals surface area contributed by atoms with Crippen molar-refractivity contribution in [2.75, 3.05) is 26.4 Å². The van der Waals surface area contributed by atoms with Crippen molar-refractivity contribution in [3.8, 4) is 0 Å². The first kappa shape index (κ1) is 41.8. The van der Waals surface area contributed by atoms with Gasteiger partial charge in [0.15, 0.2) is 0 Å². The van der Waals surface area contributed by atoms with Crippen LogP contribution in [0.1, 0.15) is 155 Å². The third-order valence-electron chi connectivity index (χ3n) is 7.18. The lowest BCUT2D eigenvalue weighted by atomic mass is 10.0. The van der Waals surface area contributed by atoms with Crippen molar-refractivity contribution >= 4 is 19.7 Å². The Morgan fingerprint density at radius 2 is 1.23 bits per heavy atom. The Labute approximate surface area is 262 Å². The molecule has 0 aromatic rings. The van der Waals surface area contributed by atoms with E-state index < -0.39 is 26.5 Å². The second kappa shape index (κ2) is 30.8. The first-order valence-electron chi connectivity index (χ1n) is 17.2. The quantitative estimate of drug-likeness (QED) is 0.0292. The van der Waals surface area contributed by atoms with Crippen LogP contribution < -0.4 is 5.32 Å². The summed E-state index contributed by atoms with van der Waals surface area (Å²) in [6.45, 7) is 3.46. The highest BCUT2D eigenvalue weighted by Crippen LogP contribution is 2.42. The monoisotopic (exact) mass is 633 g/mol. The largest absolute Gasteiger partial charge is 0.472 e. The summed E-state index contributed by atoms with van der Waals surface area (Å²) in [6.07, 6.45) is 27.2. The second-order valence-electron chi connectivity index (χ2n) is 11.5. The fourth-order valence-electron chi connectivity index (χ4n) is 4.56. The summed E-state index contributed by atoms with van der Waals surface area (Å²) in [7, 11) is -4.40. The highest BCUT2D eigenvalue weighted by atomic mass is 31.2. The minimum atomic E-state index is -4.40. The van der Waals surface area contributed by atoms with Crippen LogP contribution in [0, 0.1) is 0 Å². The highest BCUT2D eigenvalue weighted by molar-refractivity contribution is 7.47. The van der Waals surface area contributed by atoms with E-state index in [1.165, 1.54) is 70.6 Å². The smallest absolute Gasteiger partial charge is 0.463 e. The zero-order chi connectivity index (χ0) is 31.9. The molecular formula is C33H64NO8P. The van der Waals surface area contributed by atoms with E-state index in [1.807, 2.05) is 0 Å². The van der Waals surface area contributed by atoms with Crippen LogP contribution in [0.2, 0.25) is 0 Å². The van der Waals surface area contributed by atoms with E-state index >= 15 is 0 Å². The van der Waals surface area contributed by atoms with Gasteiger partial charge in [0.05, 0.1) is 13.2 Å². The van der Waals surface area contributed by atoms with Gasteiger partial charge in [-0.05, 0) is 32.1 Å². The Kier molecular flexibility index (Phi) is 29.9. The van der Waals surface area contributed by atoms with Gasteiger partial charge < -0.3 is 20.1 Å². The lowest BCUT2D eigenvalue weighted by Gasteiger charge is -2.15. The second-order valence-corrected chi connectivity index (χ2v) is 12.9. The van der Waals surface area contributed by atoms with E-state index in [0.717, 1.165) is 57.8 Å². The molecule has 0 bridgehead atoms. The number of carbonyl (C=O) groups is 2. The maximum atomic E-state index is 12.0. The van der Waals surface area contributed by atoms with Crippen LogP contribution in [-0.4, -0.2) is 54.3 Å². The number of esters is 1. The Morgan fingerprint density at radius 3 is 1.84 bits per heavy atom. The summed E-state index contributed by atoms with van der Waals surface area (Å²) in [4.78, 5) is 33.6. The lowest BCUT2D eigenvalue weighted by molar-refractivity contribution is -0.147. The lowest BCUT2D eigenvalue weighted by Crippen LogP contribution is -2.27. The molecule has 43 heavy (non-hydrogen) atoms. The Balaban J connectivity index is 3.65. The van der Waals surface area contributed by atoms with Crippen molar-refractivity contribution in [1.82, 2.24) is 5.32 Å². The number of carbonyl (C=O) groups excluding carboxylic acids is 2. The van der Waals surface area contributed by atoms with Gasteiger partial charge >= 0.3 is 13.8 Å². The minimum Gasteiger partial charge on any atom is -0.463 e. The molecule has 0 aliphatic rings. The number of hydrogen-bond acceptors (Lipinski definition) is 7. The van der Waals surface area contributed by atoms with E-state index in [1.54, 1.807) is 0 Å². The number of nitrogens with one attached hydrogen (secondary N) is 1. The molecule has 0 fully saturated rings. The van der Waals surface area contributed by atoms with E-state index in [2.05, 4.69) is 31.3 Å². The maximum absolute atomic E-state index is 12.0. The van der Waals surface area contributed by atoms with Crippen molar-refractivity contribution in [3.63, 3.8) is 0 Å². The molecule has 0 aromatic carbocycles. The zero-order valence-corrected chi connectivity index (χ0v) is 28.3. The van der Waals surface area contributed by atoms with Crippen LogP contribution in [0.4, 0.5) is 0 Å². The summed E-state index contributed by atoms with van der Waals surface area (Å²) >= 11 is 0. The van der Waals surface area contributed by atoms with E-state index in [4.69, 9.17) is 13.8 Å². The van der Waals surface area contributed by atoms with Gasteiger partial charge in [-0.25, -0.2) is 4.57 Å². The summed E-state index contributed by atoms with van der Waals surface area (Å²) < 4.78 is 26.6. The molecule has 0 aliphatic carbocycles. The average Bonchev–Trinajstić information content (AvgIpc) is 2.98. The first-order valence-corrected chi connectivity index (χ1v) is 18.7. The predicted octanol–water partition coefficient (Wildman–Crippen LogP) is 8.32. The molecule has 2 unspecified atom stereocenters. The number of phosphoric ester groups is 1. The summed E-state index contributed by atoms with van der Waals surface area (Å²) in [6, 6.07) is 0. The van der Waals surface area contributed by atoms with Crippen LogP contribution in [-0.2, 0) is 27.9 Å². The Morgan fingerprint density at radius 1 is 0.698 bits per heavy atom. The van der Waals surface area contributed by atoms with Gasteiger partial charge in [0, 0.05) is 19.4 Å². The molecule has 0 heterocycles. The number of allylic oxidation sites excluding steroid dienone is 2. The third kappa shape index (κ3) is 32.0. The predicted molar refractivity (Wildman–Crippen MR) is 174 cm³/mol. The Hall–Kier alpha value is -1.25. The van der Waals surface area contributed by atoms with Gasteiger partial charge in [0.25, 0.3) is 0 Å². The van der Waals surface area contributed by atoms with Gasteiger partial charge in [-0.3, -0.25) is 18.6 Å². The molecule has 0 saturated carbocycles. The fraction of sp³-hybridized carbons (Fsp3) is 0.879. The first-order chi connectivity index (χ1) is 20.8. The minimum absolute atomic E-state index is 0.0795. The maximum Gasteiger partial charge on any atom is 0.472 e. The number of phosphoric acid groups is 1. The van der Waals surface area contributed by atoms with Crippen LogP contribution >= 0.6 is 7.82 Å². The number of aliphatic hydroxyl groups is 1. The van der Waals surface area contributed by atoms with Gasteiger partial charge in [0.2, 0.25) is 5.91 Å². The van der Waals surface area contributed by atoms with Crippen LogP contribution in [0.25, 0.3) is 0 Å². The van der Waals surface area contributed by atoms with Crippen LogP contribution in [0.3, 0.4) is 0 Å². The molecule has 2 atom stereocenters. The molecule has 9 nitrogen and oxygen atoms in total. The summed E-state index contributed by atoms with van der Waals surface area (Å²) in [5.74, 6) is -0.527. The molecule has 3 N–H and O–H groups in total. The van der Waals surface area contributed by atoms with E-state index in [0.29, 0.717) is 6.42 Å². The Bertz CT molecular complexity index is 734. The van der Waals surface area contributed by atoms with Crippen molar-refractivity contribution in [2.45, 2.75) is 161 Å². The van der Waals surface area contributed by atoms with Crippen molar-refractivity contribution in [2.24, 2.45) is 0 Å². The van der Waals surface area contributed by atoms with Gasteiger partial charge in [-0.15, -0.1) is 0 Å².